The monoisotopic (exact) mass is 758 g/mol. The van der Waals surface area contributed by atoms with E-state index in [2.05, 4.69) is 21.3 Å². The van der Waals surface area contributed by atoms with Crippen molar-refractivity contribution >= 4 is 68.4 Å². The van der Waals surface area contributed by atoms with Crippen molar-refractivity contribution in [2.75, 3.05) is 49.7 Å². The number of pyridine rings is 1. The highest BCUT2D eigenvalue weighted by Crippen LogP contribution is 2.34. The van der Waals surface area contributed by atoms with Gasteiger partial charge in [0.15, 0.2) is 0 Å². The number of hydrogen-bond donors (Lipinski definition) is 4. The number of aromatic nitrogens is 3. The zero-order valence-corrected chi connectivity index (χ0v) is 32.1. The Morgan fingerprint density at radius 1 is 0.768 bits per heavy atom. The van der Waals surface area contributed by atoms with Crippen LogP contribution in [0.1, 0.15) is 35.8 Å². The van der Waals surface area contributed by atoms with Gasteiger partial charge in [-0.15, -0.1) is 0 Å². The molecule has 6 aromatic rings. The summed E-state index contributed by atoms with van der Waals surface area (Å²) in [6.45, 7) is 3.09. The summed E-state index contributed by atoms with van der Waals surface area (Å²) in [5, 5.41) is 13.9. The van der Waals surface area contributed by atoms with Gasteiger partial charge in [0.1, 0.15) is 12.3 Å². The van der Waals surface area contributed by atoms with E-state index in [0.29, 0.717) is 34.9 Å². The molecule has 0 saturated carbocycles. The molecule has 3 aromatic heterocycles. The maximum atomic E-state index is 12.9. The number of carbonyl (C=O) groups is 4. The number of hydrogen-bond acceptors (Lipinski definition) is 9. The number of nitrogens with zero attached hydrogens (tertiary/aromatic N) is 4. The van der Waals surface area contributed by atoms with E-state index in [9.17, 15) is 19.2 Å². The number of para-hydroxylation sites is 2. The number of anilines is 4. The average Bonchev–Trinajstić information content (AvgIpc) is 3.73. The van der Waals surface area contributed by atoms with E-state index in [1.165, 1.54) is 0 Å². The molecule has 4 N–H and O–H groups in total. The van der Waals surface area contributed by atoms with Crippen molar-refractivity contribution in [2.45, 2.75) is 26.4 Å². The van der Waals surface area contributed by atoms with Crippen LogP contribution in [0, 0.1) is 0 Å². The Kier molecular flexibility index (Phi) is 12.3. The molecule has 0 aliphatic carbocycles. The highest BCUT2D eigenvalue weighted by Gasteiger charge is 2.17. The second-order valence-corrected chi connectivity index (χ2v) is 13.6. The van der Waals surface area contributed by atoms with Gasteiger partial charge < -0.3 is 39.5 Å². The van der Waals surface area contributed by atoms with E-state index in [1.807, 2.05) is 111 Å². The summed E-state index contributed by atoms with van der Waals surface area (Å²) >= 11 is 0. The first-order chi connectivity index (χ1) is 27.0. The zero-order chi connectivity index (χ0) is 39.8. The fourth-order valence-corrected chi connectivity index (χ4v) is 6.33. The van der Waals surface area contributed by atoms with Crippen LogP contribution in [0.5, 0.6) is 0 Å². The van der Waals surface area contributed by atoms with E-state index in [4.69, 9.17) is 14.5 Å². The highest BCUT2D eigenvalue weighted by atomic mass is 16.5. The number of esters is 1. The fraction of sp³-hybridized carbons (Fsp3) is 0.262. The summed E-state index contributed by atoms with van der Waals surface area (Å²) in [6.07, 6.45) is 2.79. The minimum Gasteiger partial charge on any atom is -0.461 e. The van der Waals surface area contributed by atoms with E-state index < -0.39 is 12.1 Å². The molecule has 14 nitrogen and oxygen atoms in total. The van der Waals surface area contributed by atoms with Crippen LogP contribution >= 0.6 is 0 Å². The van der Waals surface area contributed by atoms with Crippen molar-refractivity contribution < 1.29 is 28.7 Å². The SMILES string of the molecule is CCOC(=O)Nc1cc(COC(=O)CCC(=O)Nc2cc(-c3cc(C(=O)NCCN(C)C)n(C)c3)n(C)c2)cc(Nc2c3ccccc3nc3ccccc23)c1. The van der Waals surface area contributed by atoms with Crippen LogP contribution in [0.3, 0.4) is 0 Å². The van der Waals surface area contributed by atoms with Gasteiger partial charge in [0.25, 0.3) is 5.91 Å². The van der Waals surface area contributed by atoms with E-state index >= 15 is 0 Å². The summed E-state index contributed by atoms with van der Waals surface area (Å²) in [5.74, 6) is -1.07. The molecular weight excluding hydrogens is 713 g/mol. The molecule has 0 unspecified atom stereocenters. The molecule has 0 aliphatic rings. The third-order valence-corrected chi connectivity index (χ3v) is 8.99. The molecule has 0 spiro atoms. The van der Waals surface area contributed by atoms with Gasteiger partial charge in [0, 0.05) is 73.7 Å². The summed E-state index contributed by atoms with van der Waals surface area (Å²) in [7, 11) is 7.56. The van der Waals surface area contributed by atoms with Crippen LogP contribution in [-0.2, 0) is 39.8 Å². The molecule has 56 heavy (non-hydrogen) atoms. The molecule has 0 saturated heterocycles. The predicted octanol–water partition coefficient (Wildman–Crippen LogP) is 6.80. The van der Waals surface area contributed by atoms with Gasteiger partial charge in [-0.25, -0.2) is 9.78 Å². The van der Waals surface area contributed by atoms with Crippen molar-refractivity contribution in [3.63, 3.8) is 0 Å². The number of fused-ring (bicyclic) bond motifs is 2. The first kappa shape index (κ1) is 39.0. The highest BCUT2D eigenvalue weighted by molar-refractivity contribution is 6.08. The second kappa shape index (κ2) is 17.6. The number of nitrogens with one attached hydrogen (secondary N) is 4. The molecule has 0 radical (unpaired) electrons. The largest absolute Gasteiger partial charge is 0.461 e. The maximum Gasteiger partial charge on any atom is 0.411 e. The van der Waals surface area contributed by atoms with Gasteiger partial charge in [-0.05, 0) is 69.0 Å². The molecule has 0 aliphatic heterocycles. The van der Waals surface area contributed by atoms with Crippen molar-refractivity contribution in [1.29, 1.82) is 0 Å². The maximum absolute atomic E-state index is 12.9. The predicted molar refractivity (Wildman–Crippen MR) is 218 cm³/mol. The smallest absolute Gasteiger partial charge is 0.411 e. The summed E-state index contributed by atoms with van der Waals surface area (Å²) in [6, 6.07) is 24.6. The van der Waals surface area contributed by atoms with Gasteiger partial charge in [0.2, 0.25) is 5.91 Å². The third-order valence-electron chi connectivity index (χ3n) is 8.99. The molecule has 290 valence electrons. The lowest BCUT2D eigenvalue weighted by molar-refractivity contribution is -0.145. The van der Waals surface area contributed by atoms with Gasteiger partial charge in [0.05, 0.1) is 41.1 Å². The number of carbonyl (C=O) groups excluding carboxylic acids is 4. The quantitative estimate of drug-likeness (QED) is 0.0653. The zero-order valence-electron chi connectivity index (χ0n) is 32.1. The topological polar surface area (TPSA) is 161 Å². The molecule has 3 aromatic carbocycles. The Balaban J connectivity index is 1.09. The number of likely N-dealkylation sites (N-methyl/N-ethyl adjacent to an activating group) is 1. The molecule has 0 bridgehead atoms. The first-order valence-electron chi connectivity index (χ1n) is 18.3. The van der Waals surface area contributed by atoms with Crippen LogP contribution in [0.4, 0.5) is 27.5 Å². The standard InChI is InChI=1S/C42H46N8O6/c1-6-55-42(54)46-30-20-27(19-29(22-30)45-40-32-11-7-9-13-34(32)47-35-14-10-8-12-33(35)40)26-56-39(52)16-15-38(51)44-31-23-36(50(5)25-31)28-21-37(49(4)24-28)41(53)43-17-18-48(2)3/h7-14,19-25H,6,15-18,26H2,1-5H3,(H,43,53)(H,44,51)(H,45,47)(H,46,54). The lowest BCUT2D eigenvalue weighted by atomic mass is 10.1. The van der Waals surface area contributed by atoms with Crippen LogP contribution in [0.15, 0.2) is 91.3 Å². The summed E-state index contributed by atoms with van der Waals surface area (Å²) < 4.78 is 14.3. The van der Waals surface area contributed by atoms with Crippen molar-refractivity contribution in [3.05, 3.63) is 103 Å². The molecule has 6 rings (SSSR count). The van der Waals surface area contributed by atoms with Gasteiger partial charge in [-0.1, -0.05) is 36.4 Å². The fourth-order valence-electron chi connectivity index (χ4n) is 6.33. The van der Waals surface area contributed by atoms with Crippen LogP contribution in [-0.4, -0.2) is 76.7 Å². The Bertz CT molecular complexity index is 2340. The second-order valence-electron chi connectivity index (χ2n) is 13.6. The Morgan fingerprint density at radius 3 is 2.16 bits per heavy atom. The third kappa shape index (κ3) is 9.70. The summed E-state index contributed by atoms with van der Waals surface area (Å²) in [4.78, 5) is 57.7. The lowest BCUT2D eigenvalue weighted by Gasteiger charge is -2.16. The normalized spacial score (nSPS) is 11.1. The van der Waals surface area contributed by atoms with Crippen LogP contribution < -0.4 is 21.3 Å². The van der Waals surface area contributed by atoms with Crippen LogP contribution in [0.25, 0.3) is 33.1 Å². The Hall–Kier alpha value is -6.67. The number of amides is 3. The summed E-state index contributed by atoms with van der Waals surface area (Å²) in [5.41, 5.74) is 6.88. The number of ether oxygens (including phenoxy) is 2. The Labute approximate surface area is 324 Å². The number of aryl methyl sites for hydroxylation is 2. The van der Waals surface area contributed by atoms with Crippen LogP contribution in [0.2, 0.25) is 0 Å². The minimum atomic E-state index is -0.615. The van der Waals surface area contributed by atoms with Gasteiger partial charge in [-0.3, -0.25) is 19.7 Å². The lowest BCUT2D eigenvalue weighted by Crippen LogP contribution is -2.32. The molecule has 3 heterocycles. The van der Waals surface area contributed by atoms with Gasteiger partial charge in [-0.2, -0.15) is 0 Å². The van der Waals surface area contributed by atoms with Crippen molar-refractivity contribution in [3.8, 4) is 11.3 Å². The van der Waals surface area contributed by atoms with E-state index in [0.717, 1.165) is 45.3 Å². The van der Waals surface area contributed by atoms with Crippen molar-refractivity contribution in [1.82, 2.24) is 24.3 Å². The first-order valence-corrected chi connectivity index (χ1v) is 18.3. The molecule has 0 fully saturated rings. The molecule has 14 heteroatoms. The minimum absolute atomic E-state index is 0.0921. The van der Waals surface area contributed by atoms with Gasteiger partial charge >= 0.3 is 12.1 Å². The Morgan fingerprint density at radius 2 is 1.46 bits per heavy atom. The average molecular weight is 759 g/mol. The number of rotatable bonds is 15. The van der Waals surface area contributed by atoms with E-state index in [-0.39, 0.29) is 37.9 Å². The van der Waals surface area contributed by atoms with E-state index in [1.54, 1.807) is 29.8 Å². The molecule has 3 amide bonds. The van der Waals surface area contributed by atoms with Crippen molar-refractivity contribution in [2.24, 2.45) is 14.1 Å². The number of benzene rings is 3. The molecular formula is C42H46N8O6. The molecule has 0 atom stereocenters.